The molecule has 3 N–H and O–H groups in total. The topological polar surface area (TPSA) is 90.1 Å². The third-order valence-electron chi connectivity index (χ3n) is 3.07. The van der Waals surface area contributed by atoms with E-state index in [9.17, 15) is 4.79 Å². The highest BCUT2D eigenvalue weighted by molar-refractivity contribution is 7.22. The van der Waals surface area contributed by atoms with Crippen molar-refractivity contribution in [3.63, 3.8) is 0 Å². The Morgan fingerprint density at radius 2 is 2.09 bits per heavy atom. The molecule has 0 aliphatic rings. The molecule has 0 bridgehead atoms. The SMILES string of the molecule is CC(C)OC(=O)Nc1cncc(-c2ccc3nc(N)sc3c2)c1. The molecule has 7 heteroatoms. The maximum atomic E-state index is 11.7. The molecule has 0 saturated heterocycles. The summed E-state index contributed by atoms with van der Waals surface area (Å²) < 4.78 is 6.07. The molecule has 0 spiro atoms. The number of ether oxygens (including phenoxy) is 1. The van der Waals surface area contributed by atoms with Gasteiger partial charge in [-0.3, -0.25) is 10.3 Å². The summed E-state index contributed by atoms with van der Waals surface area (Å²) in [4.78, 5) is 20.1. The number of amides is 1. The van der Waals surface area contributed by atoms with E-state index in [-0.39, 0.29) is 6.10 Å². The molecule has 23 heavy (non-hydrogen) atoms. The van der Waals surface area contributed by atoms with Gasteiger partial charge in [-0.2, -0.15) is 0 Å². The van der Waals surface area contributed by atoms with Gasteiger partial charge in [0, 0.05) is 11.8 Å². The van der Waals surface area contributed by atoms with Gasteiger partial charge in [-0.05, 0) is 37.6 Å². The van der Waals surface area contributed by atoms with E-state index in [1.807, 2.05) is 24.3 Å². The van der Waals surface area contributed by atoms with Crippen LogP contribution in [0.25, 0.3) is 21.3 Å². The summed E-state index contributed by atoms with van der Waals surface area (Å²) in [6.45, 7) is 3.59. The molecule has 0 fully saturated rings. The number of pyridine rings is 1. The number of rotatable bonds is 3. The van der Waals surface area contributed by atoms with Crippen molar-refractivity contribution in [3.8, 4) is 11.1 Å². The number of hydrogen-bond acceptors (Lipinski definition) is 6. The average molecular weight is 328 g/mol. The molecule has 0 aliphatic carbocycles. The maximum absolute atomic E-state index is 11.7. The smallest absolute Gasteiger partial charge is 0.411 e. The molecular formula is C16H16N4O2S. The molecule has 0 aliphatic heterocycles. The highest BCUT2D eigenvalue weighted by atomic mass is 32.1. The lowest BCUT2D eigenvalue weighted by Gasteiger charge is -2.10. The Morgan fingerprint density at radius 3 is 2.87 bits per heavy atom. The van der Waals surface area contributed by atoms with Crippen LogP contribution in [0.4, 0.5) is 15.6 Å². The molecular weight excluding hydrogens is 312 g/mol. The van der Waals surface area contributed by atoms with E-state index >= 15 is 0 Å². The molecule has 118 valence electrons. The number of aromatic nitrogens is 2. The van der Waals surface area contributed by atoms with Crippen molar-refractivity contribution in [1.29, 1.82) is 0 Å². The number of hydrogen-bond donors (Lipinski definition) is 2. The van der Waals surface area contributed by atoms with E-state index in [0.717, 1.165) is 21.3 Å². The second-order valence-corrected chi connectivity index (χ2v) is 6.34. The van der Waals surface area contributed by atoms with Crippen molar-refractivity contribution in [1.82, 2.24) is 9.97 Å². The number of fused-ring (bicyclic) bond motifs is 1. The van der Waals surface area contributed by atoms with Crippen molar-refractivity contribution >= 4 is 38.5 Å². The number of nitrogens with one attached hydrogen (secondary N) is 1. The minimum atomic E-state index is -0.496. The Balaban J connectivity index is 1.87. The fourth-order valence-corrected chi connectivity index (χ4v) is 2.92. The third kappa shape index (κ3) is 3.57. The fraction of sp³-hybridized carbons (Fsp3) is 0.188. The van der Waals surface area contributed by atoms with E-state index in [0.29, 0.717) is 10.8 Å². The lowest BCUT2D eigenvalue weighted by Crippen LogP contribution is -2.18. The minimum Gasteiger partial charge on any atom is -0.447 e. The van der Waals surface area contributed by atoms with E-state index in [1.165, 1.54) is 11.3 Å². The molecule has 0 saturated carbocycles. The molecule has 3 aromatic rings. The zero-order chi connectivity index (χ0) is 16.4. The number of carbonyl (C=O) groups excluding carboxylic acids is 1. The lowest BCUT2D eigenvalue weighted by atomic mass is 10.1. The first-order chi connectivity index (χ1) is 11.0. The van der Waals surface area contributed by atoms with Crippen LogP contribution in [0.3, 0.4) is 0 Å². The average Bonchev–Trinajstić information content (AvgIpc) is 2.85. The van der Waals surface area contributed by atoms with Gasteiger partial charge < -0.3 is 10.5 Å². The van der Waals surface area contributed by atoms with Crippen molar-refractivity contribution in [3.05, 3.63) is 36.7 Å². The van der Waals surface area contributed by atoms with Crippen LogP contribution in [-0.2, 0) is 4.74 Å². The Hall–Kier alpha value is -2.67. The highest BCUT2D eigenvalue weighted by Gasteiger charge is 2.08. The number of thiazole rings is 1. The van der Waals surface area contributed by atoms with E-state index in [1.54, 1.807) is 26.2 Å². The van der Waals surface area contributed by atoms with Gasteiger partial charge in [-0.15, -0.1) is 0 Å². The van der Waals surface area contributed by atoms with Crippen LogP contribution in [0.15, 0.2) is 36.7 Å². The standard InChI is InChI=1S/C16H16N4O2S/c1-9(2)22-16(21)19-12-5-11(7-18-8-12)10-3-4-13-14(6-10)23-15(17)20-13/h3-9H,1-2H3,(H2,17,20)(H,19,21). The Labute approximate surface area is 137 Å². The van der Waals surface area contributed by atoms with Gasteiger partial charge in [0.05, 0.1) is 28.2 Å². The summed E-state index contributed by atoms with van der Waals surface area (Å²) in [5.41, 5.74) is 9.06. The molecule has 1 aromatic carbocycles. The van der Waals surface area contributed by atoms with Crippen LogP contribution in [0.5, 0.6) is 0 Å². The number of anilines is 2. The first-order valence-electron chi connectivity index (χ1n) is 7.10. The van der Waals surface area contributed by atoms with Gasteiger partial charge >= 0.3 is 6.09 Å². The third-order valence-corrected chi connectivity index (χ3v) is 3.91. The fourth-order valence-electron chi connectivity index (χ4n) is 2.15. The number of nitrogens with two attached hydrogens (primary N) is 1. The molecule has 0 atom stereocenters. The zero-order valence-electron chi connectivity index (χ0n) is 12.7. The van der Waals surface area contributed by atoms with E-state index in [2.05, 4.69) is 15.3 Å². The highest BCUT2D eigenvalue weighted by Crippen LogP contribution is 2.29. The first-order valence-corrected chi connectivity index (χ1v) is 7.92. The Morgan fingerprint density at radius 1 is 1.26 bits per heavy atom. The van der Waals surface area contributed by atoms with E-state index in [4.69, 9.17) is 10.5 Å². The van der Waals surface area contributed by atoms with Gasteiger partial charge in [0.25, 0.3) is 0 Å². The van der Waals surface area contributed by atoms with Gasteiger partial charge in [0.2, 0.25) is 0 Å². The molecule has 1 amide bonds. The monoisotopic (exact) mass is 328 g/mol. The van der Waals surface area contributed by atoms with Crippen molar-refractivity contribution in [2.45, 2.75) is 20.0 Å². The summed E-state index contributed by atoms with van der Waals surface area (Å²) in [6.07, 6.45) is 2.65. The molecule has 2 heterocycles. The van der Waals surface area contributed by atoms with Crippen molar-refractivity contribution in [2.24, 2.45) is 0 Å². The maximum Gasteiger partial charge on any atom is 0.411 e. The molecule has 3 rings (SSSR count). The van der Waals surface area contributed by atoms with Gasteiger partial charge in [-0.25, -0.2) is 9.78 Å². The molecule has 0 unspecified atom stereocenters. The number of benzene rings is 1. The summed E-state index contributed by atoms with van der Waals surface area (Å²) in [7, 11) is 0. The minimum absolute atomic E-state index is 0.176. The summed E-state index contributed by atoms with van der Waals surface area (Å²) >= 11 is 1.44. The van der Waals surface area contributed by atoms with Crippen molar-refractivity contribution < 1.29 is 9.53 Å². The summed E-state index contributed by atoms with van der Waals surface area (Å²) in [5, 5.41) is 3.21. The predicted octanol–water partition coefficient (Wildman–Crippen LogP) is 3.90. The van der Waals surface area contributed by atoms with Gasteiger partial charge in [-0.1, -0.05) is 17.4 Å². The molecule has 0 radical (unpaired) electrons. The van der Waals surface area contributed by atoms with E-state index < -0.39 is 6.09 Å². The van der Waals surface area contributed by atoms with Crippen LogP contribution >= 0.6 is 11.3 Å². The number of nitrogen functional groups attached to an aromatic ring is 1. The largest absolute Gasteiger partial charge is 0.447 e. The summed E-state index contributed by atoms with van der Waals surface area (Å²) in [6, 6.07) is 7.73. The Bertz CT molecular complexity index is 860. The summed E-state index contributed by atoms with van der Waals surface area (Å²) in [5.74, 6) is 0. The van der Waals surface area contributed by atoms with Crippen molar-refractivity contribution in [2.75, 3.05) is 11.1 Å². The van der Waals surface area contributed by atoms with Crippen LogP contribution in [-0.4, -0.2) is 22.2 Å². The first kappa shape index (κ1) is 15.2. The van der Waals surface area contributed by atoms with Crippen LogP contribution < -0.4 is 11.1 Å². The van der Waals surface area contributed by atoms with Crippen LogP contribution in [0, 0.1) is 0 Å². The number of nitrogens with zero attached hydrogens (tertiary/aromatic N) is 2. The second kappa shape index (κ2) is 6.21. The second-order valence-electron chi connectivity index (χ2n) is 5.28. The number of carbonyl (C=O) groups is 1. The van der Waals surface area contributed by atoms with Crippen LogP contribution in [0.2, 0.25) is 0 Å². The molecule has 2 aromatic heterocycles. The molecule has 6 nitrogen and oxygen atoms in total. The van der Waals surface area contributed by atoms with Crippen LogP contribution in [0.1, 0.15) is 13.8 Å². The van der Waals surface area contributed by atoms with Gasteiger partial charge in [0.15, 0.2) is 5.13 Å². The van der Waals surface area contributed by atoms with Gasteiger partial charge in [0.1, 0.15) is 0 Å². The predicted molar refractivity (Wildman–Crippen MR) is 92.5 cm³/mol. The normalized spacial score (nSPS) is 10.9. The zero-order valence-corrected chi connectivity index (χ0v) is 13.6. The lowest BCUT2D eigenvalue weighted by molar-refractivity contribution is 0.130. The quantitative estimate of drug-likeness (QED) is 0.761. The Kier molecular flexibility index (Phi) is 4.12.